The van der Waals surface area contributed by atoms with Crippen LogP contribution in [0.25, 0.3) is 0 Å². The number of carbonyl (C=O) groups excluding carboxylic acids is 2. The Bertz CT molecular complexity index is 272. The molecule has 104 valence electrons. The van der Waals surface area contributed by atoms with E-state index in [0.29, 0.717) is 12.5 Å². The molecule has 0 atom stereocenters. The number of carbonyl (C=O) groups is 2. The zero-order valence-electron chi connectivity index (χ0n) is 11.2. The molecule has 0 aromatic heterocycles. The third-order valence-electron chi connectivity index (χ3n) is 3.12. The number of hydrogen-bond acceptors (Lipinski definition) is 4. The summed E-state index contributed by atoms with van der Waals surface area (Å²) in [6, 6.07) is 0. The van der Waals surface area contributed by atoms with E-state index >= 15 is 0 Å². The van der Waals surface area contributed by atoms with E-state index in [4.69, 9.17) is 9.47 Å². The van der Waals surface area contributed by atoms with Crippen molar-refractivity contribution in [3.63, 3.8) is 0 Å². The minimum atomic E-state index is -0.517. The Balaban J connectivity index is 2.04. The van der Waals surface area contributed by atoms with Crippen LogP contribution in [0.15, 0.2) is 0 Å². The normalized spacial score (nSPS) is 16.4. The molecule has 1 aliphatic rings. The first-order valence-corrected chi connectivity index (χ1v) is 6.67. The second-order valence-electron chi connectivity index (χ2n) is 5.05. The molecule has 0 radical (unpaired) electrons. The summed E-state index contributed by atoms with van der Waals surface area (Å²) >= 11 is 0. The highest BCUT2D eigenvalue weighted by molar-refractivity contribution is 5.71. The molecule has 0 aromatic carbocycles. The number of alkyl carbamates (subject to hydrolysis) is 1. The molecule has 0 saturated heterocycles. The number of ether oxygens (including phenoxy) is 2. The van der Waals surface area contributed by atoms with Crippen molar-refractivity contribution in [2.24, 2.45) is 11.8 Å². The van der Waals surface area contributed by atoms with E-state index in [1.807, 2.05) is 0 Å². The molecule has 1 fully saturated rings. The summed E-state index contributed by atoms with van der Waals surface area (Å²) in [7, 11) is 0. The lowest BCUT2D eigenvalue weighted by Crippen LogP contribution is -2.31. The van der Waals surface area contributed by atoms with Crippen LogP contribution in [0.5, 0.6) is 0 Å². The van der Waals surface area contributed by atoms with E-state index in [0.717, 1.165) is 0 Å². The van der Waals surface area contributed by atoms with Crippen LogP contribution < -0.4 is 5.32 Å². The van der Waals surface area contributed by atoms with Gasteiger partial charge in [-0.25, -0.2) is 4.79 Å². The number of amides is 1. The number of esters is 1. The Labute approximate surface area is 108 Å². The number of nitrogens with one attached hydrogen (secondary N) is 1. The van der Waals surface area contributed by atoms with Gasteiger partial charge in [0.2, 0.25) is 6.79 Å². The predicted octanol–water partition coefficient (Wildman–Crippen LogP) is 2.45. The van der Waals surface area contributed by atoms with E-state index in [1.54, 1.807) is 13.8 Å². The maximum atomic E-state index is 11.3. The summed E-state index contributed by atoms with van der Waals surface area (Å²) < 4.78 is 9.50. The van der Waals surface area contributed by atoms with Crippen LogP contribution in [-0.4, -0.2) is 25.4 Å². The highest BCUT2D eigenvalue weighted by atomic mass is 16.7. The molecule has 1 saturated carbocycles. The quantitative estimate of drug-likeness (QED) is 0.607. The van der Waals surface area contributed by atoms with Crippen LogP contribution in [0.3, 0.4) is 0 Å². The zero-order valence-corrected chi connectivity index (χ0v) is 11.2. The molecule has 0 spiro atoms. The monoisotopic (exact) mass is 257 g/mol. The molecule has 0 unspecified atom stereocenters. The Morgan fingerprint density at radius 3 is 2.44 bits per heavy atom. The Morgan fingerprint density at radius 1 is 1.17 bits per heavy atom. The van der Waals surface area contributed by atoms with E-state index in [9.17, 15) is 9.59 Å². The van der Waals surface area contributed by atoms with E-state index in [2.05, 4.69) is 5.32 Å². The summed E-state index contributed by atoms with van der Waals surface area (Å²) in [5.41, 5.74) is 0. The van der Waals surface area contributed by atoms with Crippen LogP contribution in [0, 0.1) is 11.8 Å². The molecule has 0 heterocycles. The Kier molecular flexibility index (Phi) is 6.54. The van der Waals surface area contributed by atoms with Crippen molar-refractivity contribution in [2.75, 3.05) is 13.3 Å². The molecule has 18 heavy (non-hydrogen) atoms. The molecule has 0 aromatic rings. The van der Waals surface area contributed by atoms with Crippen molar-refractivity contribution in [2.45, 2.75) is 46.0 Å². The van der Waals surface area contributed by atoms with Gasteiger partial charge in [0, 0.05) is 6.54 Å². The summed E-state index contributed by atoms with van der Waals surface area (Å²) in [5, 5.41) is 2.70. The van der Waals surface area contributed by atoms with Crippen molar-refractivity contribution in [1.29, 1.82) is 0 Å². The summed E-state index contributed by atoms with van der Waals surface area (Å²) in [5.74, 6) is -0.0153. The third-order valence-corrected chi connectivity index (χ3v) is 3.12. The molecule has 5 heteroatoms. The minimum absolute atomic E-state index is 0.209. The van der Waals surface area contributed by atoms with E-state index in [1.165, 1.54) is 32.1 Å². The maximum Gasteiger partial charge on any atom is 0.410 e. The molecular weight excluding hydrogens is 234 g/mol. The highest BCUT2D eigenvalue weighted by Crippen LogP contribution is 2.22. The summed E-state index contributed by atoms with van der Waals surface area (Å²) in [6.07, 6.45) is 5.61. The first kappa shape index (κ1) is 14.8. The molecule has 5 nitrogen and oxygen atoms in total. The van der Waals surface area contributed by atoms with Crippen molar-refractivity contribution in [1.82, 2.24) is 5.32 Å². The second kappa shape index (κ2) is 7.95. The van der Waals surface area contributed by atoms with Crippen molar-refractivity contribution >= 4 is 12.1 Å². The minimum Gasteiger partial charge on any atom is -0.428 e. The standard InChI is InChI=1S/C13H23NO4/c1-10(2)12(15)17-9-18-13(16)14-8-11-6-4-3-5-7-11/h10-11H,3-9H2,1-2H3,(H,14,16). The fourth-order valence-electron chi connectivity index (χ4n) is 1.98. The van der Waals surface area contributed by atoms with Gasteiger partial charge < -0.3 is 14.8 Å². The van der Waals surface area contributed by atoms with E-state index < -0.39 is 6.09 Å². The molecule has 1 aliphatic carbocycles. The van der Waals surface area contributed by atoms with Gasteiger partial charge in [-0.05, 0) is 18.8 Å². The van der Waals surface area contributed by atoms with Crippen LogP contribution in [0.1, 0.15) is 46.0 Å². The smallest absolute Gasteiger partial charge is 0.410 e. The van der Waals surface area contributed by atoms with Crippen molar-refractivity contribution in [3.05, 3.63) is 0 Å². The first-order chi connectivity index (χ1) is 8.59. The molecular formula is C13H23NO4. The molecule has 0 aliphatic heterocycles. The number of rotatable bonds is 5. The van der Waals surface area contributed by atoms with Crippen molar-refractivity contribution < 1.29 is 19.1 Å². The topological polar surface area (TPSA) is 64.6 Å². The SMILES string of the molecule is CC(C)C(=O)OCOC(=O)NCC1CCCCC1. The first-order valence-electron chi connectivity index (χ1n) is 6.67. The number of hydrogen-bond donors (Lipinski definition) is 1. The van der Waals surface area contributed by atoms with Gasteiger partial charge in [-0.1, -0.05) is 33.1 Å². The lowest BCUT2D eigenvalue weighted by Gasteiger charge is -2.21. The summed E-state index contributed by atoms with van der Waals surface area (Å²) in [6.45, 7) is 3.79. The van der Waals surface area contributed by atoms with Crippen LogP contribution in [-0.2, 0) is 14.3 Å². The van der Waals surface area contributed by atoms with Gasteiger partial charge in [0.15, 0.2) is 0 Å². The van der Waals surface area contributed by atoms with Gasteiger partial charge in [0.1, 0.15) is 0 Å². The van der Waals surface area contributed by atoms with Gasteiger partial charge in [-0.15, -0.1) is 0 Å². The molecule has 1 amide bonds. The lowest BCUT2D eigenvalue weighted by molar-refractivity contribution is -0.155. The van der Waals surface area contributed by atoms with Gasteiger partial charge >= 0.3 is 12.1 Å². The van der Waals surface area contributed by atoms with E-state index in [-0.39, 0.29) is 18.7 Å². The van der Waals surface area contributed by atoms with Crippen LogP contribution >= 0.6 is 0 Å². The molecule has 0 bridgehead atoms. The van der Waals surface area contributed by atoms with Crippen LogP contribution in [0.2, 0.25) is 0 Å². The van der Waals surface area contributed by atoms with Gasteiger partial charge in [0.25, 0.3) is 0 Å². The third kappa shape index (κ3) is 5.89. The maximum absolute atomic E-state index is 11.3. The zero-order chi connectivity index (χ0) is 13.4. The van der Waals surface area contributed by atoms with Crippen LogP contribution in [0.4, 0.5) is 4.79 Å². The lowest BCUT2D eigenvalue weighted by atomic mass is 9.89. The largest absolute Gasteiger partial charge is 0.428 e. The second-order valence-corrected chi connectivity index (χ2v) is 5.05. The fraction of sp³-hybridized carbons (Fsp3) is 0.846. The highest BCUT2D eigenvalue weighted by Gasteiger charge is 2.15. The van der Waals surface area contributed by atoms with Gasteiger partial charge in [0.05, 0.1) is 5.92 Å². The average molecular weight is 257 g/mol. The molecule has 1 rings (SSSR count). The predicted molar refractivity (Wildman–Crippen MR) is 66.9 cm³/mol. The van der Waals surface area contributed by atoms with Crippen molar-refractivity contribution in [3.8, 4) is 0 Å². The fourth-order valence-corrected chi connectivity index (χ4v) is 1.98. The molecule has 1 N–H and O–H groups in total. The summed E-state index contributed by atoms with van der Waals surface area (Å²) in [4.78, 5) is 22.4. The van der Waals surface area contributed by atoms with Gasteiger partial charge in [-0.3, -0.25) is 4.79 Å². The average Bonchev–Trinajstić information content (AvgIpc) is 2.37. The Morgan fingerprint density at radius 2 is 1.83 bits per heavy atom. The Hall–Kier alpha value is -1.26. The van der Waals surface area contributed by atoms with Gasteiger partial charge in [-0.2, -0.15) is 0 Å².